The first-order valence-electron chi connectivity index (χ1n) is 6.56. The third-order valence-corrected chi connectivity index (χ3v) is 4.40. The number of alkyl halides is 2. The van der Waals surface area contributed by atoms with Gasteiger partial charge in [0, 0.05) is 38.0 Å². The lowest BCUT2D eigenvalue weighted by Crippen LogP contribution is -2.41. The molecule has 20 heavy (non-hydrogen) atoms. The third kappa shape index (κ3) is 1.92. The summed E-state index contributed by atoms with van der Waals surface area (Å²) in [7, 11) is 1.47. The molecule has 1 aliphatic carbocycles. The molecule has 7 heteroatoms. The van der Waals surface area contributed by atoms with E-state index in [-0.39, 0.29) is 23.6 Å². The molecule has 2 heterocycles. The Morgan fingerprint density at radius 1 is 1.30 bits per heavy atom. The van der Waals surface area contributed by atoms with Crippen LogP contribution in [0.15, 0.2) is 16.9 Å². The summed E-state index contributed by atoms with van der Waals surface area (Å²) in [5, 5.41) is 3.89. The van der Waals surface area contributed by atoms with Gasteiger partial charge in [0.05, 0.1) is 0 Å². The molecule has 0 bridgehead atoms. The number of nitrogens with zero attached hydrogens (tertiary/aromatic N) is 3. The molecule has 1 aromatic rings. The van der Waals surface area contributed by atoms with Crippen molar-refractivity contribution >= 4 is 5.91 Å². The second kappa shape index (κ2) is 4.10. The van der Waals surface area contributed by atoms with Crippen LogP contribution >= 0.6 is 0 Å². The summed E-state index contributed by atoms with van der Waals surface area (Å²) in [5.41, 5.74) is -0.997. The van der Waals surface area contributed by atoms with E-state index >= 15 is 0 Å². The molecule has 1 amide bonds. The van der Waals surface area contributed by atoms with Gasteiger partial charge in [0.15, 0.2) is 0 Å². The largest absolute Gasteiger partial charge is 0.337 e. The molecule has 1 saturated heterocycles. The third-order valence-electron chi connectivity index (χ3n) is 4.40. The molecular weight excluding hydrogens is 268 g/mol. The molecule has 1 aromatic heterocycles. The van der Waals surface area contributed by atoms with E-state index in [1.165, 1.54) is 24.1 Å². The second-order valence-corrected chi connectivity index (χ2v) is 5.63. The maximum Gasteiger partial charge on any atom is 0.274 e. The first kappa shape index (κ1) is 13.2. The average molecular weight is 283 g/mol. The van der Waals surface area contributed by atoms with E-state index in [4.69, 9.17) is 0 Å². The van der Waals surface area contributed by atoms with Crippen LogP contribution < -0.4 is 5.56 Å². The number of aryl methyl sites for hydroxylation is 1. The maximum absolute atomic E-state index is 13.3. The summed E-state index contributed by atoms with van der Waals surface area (Å²) >= 11 is 0. The van der Waals surface area contributed by atoms with Gasteiger partial charge in [0.1, 0.15) is 5.69 Å². The van der Waals surface area contributed by atoms with Gasteiger partial charge in [-0.15, -0.1) is 0 Å². The monoisotopic (exact) mass is 283 g/mol. The Labute approximate surface area is 114 Å². The van der Waals surface area contributed by atoms with Gasteiger partial charge in [-0.2, -0.15) is 5.10 Å². The Morgan fingerprint density at radius 2 is 1.90 bits per heavy atom. The first-order valence-corrected chi connectivity index (χ1v) is 6.56. The van der Waals surface area contributed by atoms with Crippen LogP contribution in [-0.4, -0.2) is 39.6 Å². The number of carbonyl (C=O) groups is 1. The Bertz CT molecular complexity index is 618. The molecule has 2 fully saturated rings. The van der Waals surface area contributed by atoms with Crippen LogP contribution in [0.2, 0.25) is 0 Å². The van der Waals surface area contributed by atoms with Crippen LogP contribution in [-0.2, 0) is 7.05 Å². The zero-order valence-electron chi connectivity index (χ0n) is 11.1. The van der Waals surface area contributed by atoms with Crippen molar-refractivity contribution in [1.29, 1.82) is 0 Å². The minimum Gasteiger partial charge on any atom is -0.337 e. The molecule has 1 saturated carbocycles. The Hall–Kier alpha value is -1.79. The highest BCUT2D eigenvalue weighted by Crippen LogP contribution is 2.65. The van der Waals surface area contributed by atoms with Crippen LogP contribution in [0.5, 0.6) is 0 Å². The lowest BCUT2D eigenvalue weighted by molar-refractivity contribution is 0.0281. The summed E-state index contributed by atoms with van der Waals surface area (Å²) in [6.07, 6.45) is 0.606. The summed E-state index contributed by atoms with van der Waals surface area (Å²) in [4.78, 5) is 25.0. The molecule has 2 aliphatic rings. The minimum absolute atomic E-state index is 0.0554. The molecule has 0 radical (unpaired) electrons. The highest BCUT2D eigenvalue weighted by Gasteiger charge is 2.70. The number of hydrogen-bond donors (Lipinski definition) is 0. The van der Waals surface area contributed by atoms with Crippen molar-refractivity contribution in [2.75, 3.05) is 13.1 Å². The normalized spacial score (nSPS) is 22.9. The van der Waals surface area contributed by atoms with Crippen molar-refractivity contribution in [2.45, 2.75) is 25.2 Å². The zero-order chi connectivity index (χ0) is 14.5. The predicted octanol–water partition coefficient (Wildman–Crippen LogP) is 1.04. The molecule has 0 atom stereocenters. The number of aromatic nitrogens is 2. The molecule has 1 aliphatic heterocycles. The van der Waals surface area contributed by atoms with E-state index in [0.29, 0.717) is 25.9 Å². The predicted molar refractivity (Wildman–Crippen MR) is 66.6 cm³/mol. The van der Waals surface area contributed by atoms with Crippen molar-refractivity contribution in [2.24, 2.45) is 12.5 Å². The first-order chi connectivity index (χ1) is 9.35. The van der Waals surface area contributed by atoms with Gasteiger partial charge in [0.25, 0.3) is 17.4 Å². The number of halogens is 2. The standard InChI is InChI=1S/C13H15F2N3O2/c1-17-10(19)3-2-9(16-17)11(20)18-6-4-12(5-7-18)8-13(12,14)15/h2-3H,4-8H2,1H3. The molecule has 0 unspecified atom stereocenters. The van der Waals surface area contributed by atoms with Gasteiger partial charge < -0.3 is 4.90 Å². The smallest absolute Gasteiger partial charge is 0.274 e. The van der Waals surface area contributed by atoms with Gasteiger partial charge in [-0.1, -0.05) is 0 Å². The fourth-order valence-electron chi connectivity index (χ4n) is 2.84. The zero-order valence-corrected chi connectivity index (χ0v) is 11.1. The lowest BCUT2D eigenvalue weighted by Gasteiger charge is -2.32. The van der Waals surface area contributed by atoms with Gasteiger partial charge in [-0.25, -0.2) is 13.5 Å². The Balaban J connectivity index is 1.70. The molecule has 0 aromatic carbocycles. The second-order valence-electron chi connectivity index (χ2n) is 5.63. The lowest BCUT2D eigenvalue weighted by atomic mass is 9.92. The topological polar surface area (TPSA) is 55.2 Å². The van der Waals surface area contributed by atoms with E-state index < -0.39 is 11.3 Å². The maximum atomic E-state index is 13.3. The number of likely N-dealkylation sites (tertiary alicyclic amines) is 1. The molecule has 5 nitrogen and oxygen atoms in total. The molecule has 108 valence electrons. The van der Waals surface area contributed by atoms with Crippen LogP contribution in [0.1, 0.15) is 29.8 Å². The number of rotatable bonds is 1. The van der Waals surface area contributed by atoms with Gasteiger partial charge in [0.2, 0.25) is 0 Å². The fourth-order valence-corrected chi connectivity index (χ4v) is 2.84. The van der Waals surface area contributed by atoms with Gasteiger partial charge in [-0.3, -0.25) is 9.59 Å². The number of carbonyl (C=O) groups excluding carboxylic acids is 1. The number of amides is 1. The van der Waals surface area contributed by atoms with Gasteiger partial charge >= 0.3 is 0 Å². The van der Waals surface area contributed by atoms with Crippen molar-refractivity contribution < 1.29 is 13.6 Å². The minimum atomic E-state index is -2.56. The number of hydrogen-bond acceptors (Lipinski definition) is 3. The summed E-state index contributed by atoms with van der Waals surface area (Å²) in [6, 6.07) is 2.65. The van der Waals surface area contributed by atoms with Crippen molar-refractivity contribution in [3.05, 3.63) is 28.2 Å². The van der Waals surface area contributed by atoms with Crippen molar-refractivity contribution in [3.63, 3.8) is 0 Å². The van der Waals surface area contributed by atoms with Crippen molar-refractivity contribution in [1.82, 2.24) is 14.7 Å². The highest BCUT2D eigenvalue weighted by molar-refractivity contribution is 5.92. The van der Waals surface area contributed by atoms with Crippen molar-refractivity contribution in [3.8, 4) is 0 Å². The van der Waals surface area contributed by atoms with Crippen LogP contribution in [0.4, 0.5) is 8.78 Å². The number of piperidine rings is 1. The van der Waals surface area contributed by atoms with E-state index in [2.05, 4.69) is 5.10 Å². The highest BCUT2D eigenvalue weighted by atomic mass is 19.3. The molecular formula is C13H15F2N3O2. The van der Waals surface area contributed by atoms with Crippen LogP contribution in [0.25, 0.3) is 0 Å². The Kier molecular flexibility index (Phi) is 2.71. The van der Waals surface area contributed by atoms with E-state index in [0.717, 1.165) is 4.68 Å². The summed E-state index contributed by atoms with van der Waals surface area (Å²) < 4.78 is 27.6. The SMILES string of the molecule is Cn1nc(C(=O)N2CCC3(CC2)CC3(F)F)ccc1=O. The quantitative estimate of drug-likeness (QED) is 0.774. The van der Waals surface area contributed by atoms with Crippen LogP contribution in [0.3, 0.4) is 0 Å². The van der Waals surface area contributed by atoms with E-state index in [1.54, 1.807) is 0 Å². The van der Waals surface area contributed by atoms with Crippen LogP contribution in [0, 0.1) is 5.41 Å². The fraction of sp³-hybridized carbons (Fsp3) is 0.615. The molecule has 0 N–H and O–H groups in total. The molecule has 3 rings (SSSR count). The molecule has 1 spiro atoms. The Morgan fingerprint density at radius 3 is 2.40 bits per heavy atom. The summed E-state index contributed by atoms with van der Waals surface area (Å²) in [5.74, 6) is -2.86. The average Bonchev–Trinajstić information content (AvgIpc) is 2.93. The van der Waals surface area contributed by atoms with E-state index in [1.807, 2.05) is 0 Å². The summed E-state index contributed by atoms with van der Waals surface area (Å²) in [6.45, 7) is 0.637. The van der Waals surface area contributed by atoms with E-state index in [9.17, 15) is 18.4 Å². The van der Waals surface area contributed by atoms with Gasteiger partial charge in [-0.05, 0) is 18.9 Å².